The summed E-state index contributed by atoms with van der Waals surface area (Å²) in [5.41, 5.74) is 2.43. The maximum Gasteiger partial charge on any atom is 0.254 e. The zero-order valence-electron chi connectivity index (χ0n) is 14.6. The Morgan fingerprint density at radius 1 is 1.27 bits per heavy atom. The van der Waals surface area contributed by atoms with Crippen molar-refractivity contribution < 1.29 is 13.9 Å². The average molecular weight is 354 g/mol. The largest absolute Gasteiger partial charge is 0.467 e. The van der Waals surface area contributed by atoms with E-state index in [1.54, 1.807) is 0 Å². The van der Waals surface area contributed by atoms with Gasteiger partial charge in [-0.15, -0.1) is 0 Å². The van der Waals surface area contributed by atoms with E-state index in [4.69, 9.17) is 9.15 Å². The molecule has 0 bridgehead atoms. The lowest BCUT2D eigenvalue weighted by Gasteiger charge is -2.25. The molecule has 0 unspecified atom stereocenters. The van der Waals surface area contributed by atoms with Crippen LogP contribution in [0.15, 0.2) is 47.3 Å². The fourth-order valence-electron chi connectivity index (χ4n) is 3.08. The van der Waals surface area contributed by atoms with Crippen molar-refractivity contribution in [3.05, 3.63) is 59.9 Å². The summed E-state index contributed by atoms with van der Waals surface area (Å²) < 4.78 is 12.8. The zero-order valence-corrected chi connectivity index (χ0v) is 14.6. The number of aromatic nitrogens is 2. The van der Waals surface area contributed by atoms with Gasteiger partial charge in [0.2, 0.25) is 0 Å². The third-order valence-corrected chi connectivity index (χ3v) is 4.48. The van der Waals surface area contributed by atoms with Gasteiger partial charge in [0.15, 0.2) is 0 Å². The van der Waals surface area contributed by atoms with Crippen molar-refractivity contribution in [1.29, 1.82) is 0 Å². The molecular formula is C19H22N4O3. The Labute approximate surface area is 151 Å². The zero-order chi connectivity index (χ0) is 17.8. The van der Waals surface area contributed by atoms with E-state index in [-0.39, 0.29) is 5.91 Å². The number of hydrogen-bond donors (Lipinski definition) is 1. The number of morpholine rings is 1. The molecule has 4 rings (SSSR count). The number of rotatable bonds is 6. The Hall–Kier alpha value is -2.64. The molecule has 0 radical (unpaired) electrons. The van der Waals surface area contributed by atoms with E-state index in [9.17, 15) is 4.79 Å². The minimum atomic E-state index is -0.120. The third kappa shape index (κ3) is 3.95. The highest BCUT2D eigenvalue weighted by Gasteiger charge is 2.15. The number of fused-ring (bicyclic) bond motifs is 1. The summed E-state index contributed by atoms with van der Waals surface area (Å²) in [5.74, 6) is 0.683. The van der Waals surface area contributed by atoms with Crippen LogP contribution in [0.4, 0.5) is 0 Å². The van der Waals surface area contributed by atoms with Gasteiger partial charge in [-0.25, -0.2) is 4.98 Å². The highest BCUT2D eigenvalue weighted by molar-refractivity contribution is 5.93. The van der Waals surface area contributed by atoms with Crippen LogP contribution in [-0.2, 0) is 17.7 Å². The molecule has 0 aliphatic carbocycles. The van der Waals surface area contributed by atoms with Gasteiger partial charge in [0, 0.05) is 38.4 Å². The summed E-state index contributed by atoms with van der Waals surface area (Å²) in [6, 6.07) is 7.70. The number of ether oxygens (including phenoxy) is 1. The molecule has 1 aliphatic rings. The van der Waals surface area contributed by atoms with Gasteiger partial charge in [-0.2, -0.15) is 0 Å². The van der Waals surface area contributed by atoms with Gasteiger partial charge in [0.1, 0.15) is 17.7 Å². The van der Waals surface area contributed by atoms with Crippen LogP contribution in [0.1, 0.15) is 21.8 Å². The maximum atomic E-state index is 12.3. The second-order valence-corrected chi connectivity index (χ2v) is 6.39. The lowest BCUT2D eigenvalue weighted by atomic mass is 10.2. The first kappa shape index (κ1) is 16.8. The van der Waals surface area contributed by atoms with Gasteiger partial charge in [-0.3, -0.25) is 9.69 Å². The monoisotopic (exact) mass is 354 g/mol. The predicted octanol–water partition coefficient (Wildman–Crippen LogP) is 1.73. The molecule has 0 atom stereocenters. The molecule has 1 saturated heterocycles. The molecule has 1 fully saturated rings. The van der Waals surface area contributed by atoms with Crippen molar-refractivity contribution in [2.24, 2.45) is 0 Å². The van der Waals surface area contributed by atoms with Crippen molar-refractivity contribution in [2.45, 2.75) is 13.0 Å². The summed E-state index contributed by atoms with van der Waals surface area (Å²) in [7, 11) is 0. The SMILES string of the molecule is O=C(NCCc1cn2ccccc2n1)c1coc(CN2CCOCC2)c1. The average Bonchev–Trinajstić information content (AvgIpc) is 3.29. The molecule has 0 saturated carbocycles. The Balaban J connectivity index is 1.28. The molecule has 1 amide bonds. The Kier molecular flexibility index (Phi) is 4.99. The number of carbonyl (C=O) groups is 1. The number of nitrogens with one attached hydrogen (secondary N) is 1. The number of furan rings is 1. The Morgan fingerprint density at radius 2 is 2.15 bits per heavy atom. The van der Waals surface area contributed by atoms with Crippen LogP contribution in [0.5, 0.6) is 0 Å². The topological polar surface area (TPSA) is 72.0 Å². The van der Waals surface area contributed by atoms with Crippen molar-refractivity contribution >= 4 is 11.6 Å². The summed E-state index contributed by atoms with van der Waals surface area (Å²) in [6.45, 7) is 4.52. The van der Waals surface area contributed by atoms with Crippen molar-refractivity contribution in [1.82, 2.24) is 19.6 Å². The van der Waals surface area contributed by atoms with E-state index in [0.29, 0.717) is 25.1 Å². The second-order valence-electron chi connectivity index (χ2n) is 6.39. The van der Waals surface area contributed by atoms with Gasteiger partial charge >= 0.3 is 0 Å². The van der Waals surface area contributed by atoms with E-state index in [1.165, 1.54) is 6.26 Å². The maximum absolute atomic E-state index is 12.3. The molecule has 3 aromatic rings. The smallest absolute Gasteiger partial charge is 0.254 e. The summed E-state index contributed by atoms with van der Waals surface area (Å²) in [4.78, 5) is 19.1. The molecule has 4 heterocycles. The quantitative estimate of drug-likeness (QED) is 0.730. The van der Waals surface area contributed by atoms with Crippen LogP contribution < -0.4 is 5.32 Å². The molecular weight excluding hydrogens is 332 g/mol. The van der Waals surface area contributed by atoms with Gasteiger partial charge in [-0.05, 0) is 18.2 Å². The highest BCUT2D eigenvalue weighted by Crippen LogP contribution is 2.12. The number of imidazole rings is 1. The van der Waals surface area contributed by atoms with Gasteiger partial charge in [0.05, 0.1) is 31.0 Å². The summed E-state index contributed by atoms with van der Waals surface area (Å²) >= 11 is 0. The number of carbonyl (C=O) groups excluding carboxylic acids is 1. The molecule has 0 aromatic carbocycles. The first-order valence-corrected chi connectivity index (χ1v) is 8.86. The lowest BCUT2D eigenvalue weighted by molar-refractivity contribution is 0.0313. The van der Waals surface area contributed by atoms with Crippen LogP contribution in [0.2, 0.25) is 0 Å². The number of nitrogens with zero attached hydrogens (tertiary/aromatic N) is 3. The Morgan fingerprint density at radius 3 is 3.00 bits per heavy atom. The van der Waals surface area contributed by atoms with Crippen LogP contribution in [0, 0.1) is 0 Å². The minimum Gasteiger partial charge on any atom is -0.467 e. The van der Waals surface area contributed by atoms with Gasteiger partial charge in [0.25, 0.3) is 5.91 Å². The van der Waals surface area contributed by atoms with Crippen LogP contribution >= 0.6 is 0 Å². The number of amides is 1. The molecule has 3 aromatic heterocycles. The van der Waals surface area contributed by atoms with Crippen molar-refractivity contribution in [3.8, 4) is 0 Å². The van der Waals surface area contributed by atoms with Gasteiger partial charge in [-0.1, -0.05) is 6.07 Å². The van der Waals surface area contributed by atoms with E-state index >= 15 is 0 Å². The predicted molar refractivity (Wildman–Crippen MR) is 96.0 cm³/mol. The van der Waals surface area contributed by atoms with Gasteiger partial charge < -0.3 is 18.9 Å². The van der Waals surface area contributed by atoms with E-state index in [1.807, 2.05) is 41.1 Å². The molecule has 1 aliphatic heterocycles. The molecule has 26 heavy (non-hydrogen) atoms. The molecule has 7 nitrogen and oxygen atoms in total. The van der Waals surface area contributed by atoms with E-state index in [0.717, 1.165) is 43.4 Å². The molecule has 0 spiro atoms. The van der Waals surface area contributed by atoms with Crippen molar-refractivity contribution in [3.63, 3.8) is 0 Å². The summed E-state index contributed by atoms with van der Waals surface area (Å²) in [6.07, 6.45) is 6.16. The Bertz CT molecular complexity index is 847. The fourth-order valence-corrected chi connectivity index (χ4v) is 3.08. The molecule has 7 heteroatoms. The minimum absolute atomic E-state index is 0.120. The van der Waals surface area contributed by atoms with Crippen molar-refractivity contribution in [2.75, 3.05) is 32.8 Å². The fraction of sp³-hybridized carbons (Fsp3) is 0.368. The lowest BCUT2D eigenvalue weighted by Crippen LogP contribution is -2.35. The van der Waals surface area contributed by atoms with E-state index < -0.39 is 0 Å². The second kappa shape index (κ2) is 7.72. The molecule has 136 valence electrons. The number of hydrogen-bond acceptors (Lipinski definition) is 5. The van der Waals surface area contributed by atoms with Crippen LogP contribution in [0.25, 0.3) is 5.65 Å². The highest BCUT2D eigenvalue weighted by atomic mass is 16.5. The summed E-state index contributed by atoms with van der Waals surface area (Å²) in [5, 5.41) is 2.93. The first-order chi connectivity index (χ1) is 12.8. The number of pyridine rings is 1. The standard InChI is InChI=1S/C19H22N4O3/c24-19(15-11-17(26-14-15)13-22-7-9-25-10-8-22)20-5-4-16-12-23-6-2-1-3-18(23)21-16/h1-3,6,11-12,14H,4-5,7-10,13H2,(H,20,24). The first-order valence-electron chi connectivity index (χ1n) is 8.86. The van der Waals surface area contributed by atoms with E-state index in [2.05, 4.69) is 15.2 Å². The normalized spacial score (nSPS) is 15.4. The molecule has 1 N–H and O–H groups in total. The third-order valence-electron chi connectivity index (χ3n) is 4.48. The van der Waals surface area contributed by atoms with Crippen LogP contribution in [-0.4, -0.2) is 53.0 Å². The van der Waals surface area contributed by atoms with Crippen LogP contribution in [0.3, 0.4) is 0 Å².